The predicted octanol–water partition coefficient (Wildman–Crippen LogP) is 7.05. The molecule has 1 aromatic heterocycles. The average Bonchev–Trinajstić information content (AvgIpc) is 3.10. The zero-order valence-electron chi connectivity index (χ0n) is 28.3. The Kier molecular flexibility index (Phi) is 12.4. The van der Waals surface area contributed by atoms with Gasteiger partial charge in [-0.2, -0.15) is 0 Å². The van der Waals surface area contributed by atoms with Gasteiger partial charge in [0.05, 0.1) is 24.8 Å². The van der Waals surface area contributed by atoms with Gasteiger partial charge in [-0.15, -0.1) is 0 Å². The van der Waals surface area contributed by atoms with Gasteiger partial charge in [0, 0.05) is 42.4 Å². The van der Waals surface area contributed by atoms with Gasteiger partial charge in [-0.25, -0.2) is 0 Å². The first kappa shape index (κ1) is 35.1. The summed E-state index contributed by atoms with van der Waals surface area (Å²) in [6, 6.07) is 25.7. The van der Waals surface area contributed by atoms with E-state index in [1.807, 2.05) is 73.8 Å². The second-order valence-corrected chi connectivity index (χ2v) is 12.4. The van der Waals surface area contributed by atoms with E-state index >= 15 is 0 Å². The first-order valence-corrected chi connectivity index (χ1v) is 17.2. The normalized spacial score (nSPS) is 13.3. The van der Waals surface area contributed by atoms with E-state index in [1.54, 1.807) is 24.3 Å². The van der Waals surface area contributed by atoms with Crippen LogP contribution in [0.2, 0.25) is 0 Å². The summed E-state index contributed by atoms with van der Waals surface area (Å²) in [5, 5.41) is 12.2. The van der Waals surface area contributed by atoms with E-state index in [-0.39, 0.29) is 25.4 Å². The van der Waals surface area contributed by atoms with Crippen molar-refractivity contribution >= 4 is 17.8 Å². The smallest absolute Gasteiger partial charge is 0.310 e. The molecule has 9 heteroatoms. The van der Waals surface area contributed by atoms with Crippen LogP contribution in [0.15, 0.2) is 91.1 Å². The monoisotopic (exact) mass is 663 g/mol. The third kappa shape index (κ3) is 9.69. The van der Waals surface area contributed by atoms with E-state index in [2.05, 4.69) is 12.2 Å². The Morgan fingerprint density at radius 3 is 2.06 bits per heavy atom. The molecule has 0 aliphatic carbocycles. The predicted molar refractivity (Wildman–Crippen MR) is 190 cm³/mol. The van der Waals surface area contributed by atoms with Gasteiger partial charge < -0.3 is 24.8 Å². The fraction of sp³-hybridized carbons (Fsp3) is 0.350. The Labute approximate surface area is 288 Å². The molecular formula is C40H45N3O6. The molecule has 1 aliphatic rings. The molecule has 4 aromatic rings. The number of carbonyl (C=O) groups is 3. The minimum atomic E-state index is -0.928. The molecule has 0 spiro atoms. The van der Waals surface area contributed by atoms with Crippen molar-refractivity contribution in [3.05, 3.63) is 102 Å². The number of ether oxygens (including phenoxy) is 2. The number of likely N-dealkylation sites (tertiary alicyclic amines) is 1. The standard InChI is InChI=1S/C40H45N3O6/c1-3-5-6-7-8-23-49-35-18-13-29(14-19-35)32-17-22-36(41-25-32)30-11-9-28(10-12-30)24-37(39(45)43-26-33(27-43)40(46)47)42-38(44)31-15-20-34(21-16-31)48-4-2/h9-22,25,33,37H,3-8,23-24,26-27H2,1-2H3,(H,42,44)(H,46,47)/t37-/m0/s1. The summed E-state index contributed by atoms with van der Waals surface area (Å²) < 4.78 is 11.4. The summed E-state index contributed by atoms with van der Waals surface area (Å²) in [4.78, 5) is 44.1. The van der Waals surface area contributed by atoms with Crippen LogP contribution in [0.5, 0.6) is 11.5 Å². The lowest BCUT2D eigenvalue weighted by atomic mass is 9.96. The maximum absolute atomic E-state index is 13.4. The van der Waals surface area contributed by atoms with E-state index in [4.69, 9.17) is 14.5 Å². The van der Waals surface area contributed by atoms with Crippen LogP contribution >= 0.6 is 0 Å². The number of amides is 2. The number of hydrogen-bond donors (Lipinski definition) is 2. The molecule has 0 unspecified atom stereocenters. The Morgan fingerprint density at radius 2 is 1.43 bits per heavy atom. The fourth-order valence-corrected chi connectivity index (χ4v) is 5.77. The highest BCUT2D eigenvalue weighted by atomic mass is 16.5. The molecule has 0 saturated carbocycles. The zero-order valence-corrected chi connectivity index (χ0v) is 28.3. The van der Waals surface area contributed by atoms with Gasteiger partial charge in [0.2, 0.25) is 5.91 Å². The third-order valence-electron chi connectivity index (χ3n) is 8.73. The van der Waals surface area contributed by atoms with Crippen molar-refractivity contribution < 1.29 is 29.0 Å². The van der Waals surface area contributed by atoms with Gasteiger partial charge in [-0.3, -0.25) is 19.4 Å². The van der Waals surface area contributed by atoms with Crippen LogP contribution in [0, 0.1) is 5.92 Å². The molecule has 1 aliphatic heterocycles. The molecule has 2 N–H and O–H groups in total. The number of nitrogens with one attached hydrogen (secondary N) is 1. The van der Waals surface area contributed by atoms with Crippen LogP contribution in [0.25, 0.3) is 22.4 Å². The minimum Gasteiger partial charge on any atom is -0.494 e. The SMILES string of the molecule is CCCCCCCOc1ccc(-c2ccc(-c3ccc(C[C@H](NC(=O)c4ccc(OCC)cc4)C(=O)N4CC(C(=O)O)C4)cc3)nc2)cc1. The van der Waals surface area contributed by atoms with Crippen molar-refractivity contribution in [3.63, 3.8) is 0 Å². The molecular weight excluding hydrogens is 618 g/mol. The zero-order chi connectivity index (χ0) is 34.6. The summed E-state index contributed by atoms with van der Waals surface area (Å²) in [6.45, 7) is 5.60. The van der Waals surface area contributed by atoms with Crippen molar-refractivity contribution in [3.8, 4) is 33.9 Å². The van der Waals surface area contributed by atoms with Crippen LogP contribution in [-0.4, -0.2) is 65.1 Å². The van der Waals surface area contributed by atoms with Crippen LogP contribution in [-0.2, 0) is 16.0 Å². The lowest BCUT2D eigenvalue weighted by Gasteiger charge is -2.39. The van der Waals surface area contributed by atoms with E-state index in [0.29, 0.717) is 17.9 Å². The van der Waals surface area contributed by atoms with Crippen molar-refractivity contribution in [1.29, 1.82) is 0 Å². The molecule has 0 bridgehead atoms. The van der Waals surface area contributed by atoms with E-state index in [9.17, 15) is 19.5 Å². The molecule has 1 atom stereocenters. The summed E-state index contributed by atoms with van der Waals surface area (Å²) in [6.07, 6.45) is 8.16. The van der Waals surface area contributed by atoms with Gasteiger partial charge in [-0.05, 0) is 66.9 Å². The molecule has 9 nitrogen and oxygen atoms in total. The van der Waals surface area contributed by atoms with Crippen molar-refractivity contribution in [1.82, 2.24) is 15.2 Å². The molecule has 1 saturated heterocycles. The van der Waals surface area contributed by atoms with Gasteiger partial charge in [0.1, 0.15) is 17.5 Å². The highest BCUT2D eigenvalue weighted by Crippen LogP contribution is 2.26. The number of carboxylic acids is 1. The van der Waals surface area contributed by atoms with E-state index in [1.165, 1.54) is 30.6 Å². The van der Waals surface area contributed by atoms with Crippen LogP contribution in [0.1, 0.15) is 61.9 Å². The number of pyridine rings is 1. The summed E-state index contributed by atoms with van der Waals surface area (Å²) in [7, 11) is 0. The summed E-state index contributed by atoms with van der Waals surface area (Å²) in [5.41, 5.74) is 5.05. The number of unbranched alkanes of at least 4 members (excludes halogenated alkanes) is 4. The molecule has 2 amide bonds. The number of carboxylic acid groups (broad SMARTS) is 1. The van der Waals surface area contributed by atoms with Gasteiger partial charge in [-0.1, -0.05) is 75.1 Å². The second kappa shape index (κ2) is 17.3. The lowest BCUT2D eigenvalue weighted by molar-refractivity contribution is -0.153. The average molecular weight is 664 g/mol. The van der Waals surface area contributed by atoms with Crippen LogP contribution in [0.4, 0.5) is 0 Å². The molecule has 2 heterocycles. The largest absolute Gasteiger partial charge is 0.494 e. The Balaban J connectivity index is 1.21. The summed E-state index contributed by atoms with van der Waals surface area (Å²) >= 11 is 0. The summed E-state index contributed by atoms with van der Waals surface area (Å²) in [5.74, 6) is -0.690. The van der Waals surface area contributed by atoms with Crippen LogP contribution < -0.4 is 14.8 Å². The molecule has 3 aromatic carbocycles. The molecule has 49 heavy (non-hydrogen) atoms. The maximum atomic E-state index is 13.4. The number of aliphatic carboxylic acids is 1. The highest BCUT2D eigenvalue weighted by molar-refractivity contribution is 5.98. The van der Waals surface area contributed by atoms with Gasteiger partial charge in [0.25, 0.3) is 5.91 Å². The number of aromatic nitrogens is 1. The number of nitrogens with zero attached hydrogens (tertiary/aromatic N) is 2. The van der Waals surface area contributed by atoms with E-state index < -0.39 is 23.8 Å². The first-order valence-electron chi connectivity index (χ1n) is 17.2. The van der Waals surface area contributed by atoms with Crippen molar-refractivity contribution in [2.24, 2.45) is 5.92 Å². The quantitative estimate of drug-likeness (QED) is 0.116. The molecule has 0 radical (unpaired) electrons. The third-order valence-corrected chi connectivity index (χ3v) is 8.73. The topological polar surface area (TPSA) is 118 Å². The fourth-order valence-electron chi connectivity index (χ4n) is 5.77. The number of rotatable bonds is 17. The Morgan fingerprint density at radius 1 is 0.796 bits per heavy atom. The van der Waals surface area contributed by atoms with Gasteiger partial charge >= 0.3 is 5.97 Å². The van der Waals surface area contributed by atoms with Gasteiger partial charge in [0.15, 0.2) is 0 Å². The number of hydrogen-bond acceptors (Lipinski definition) is 6. The second-order valence-electron chi connectivity index (χ2n) is 12.4. The number of benzene rings is 3. The minimum absolute atomic E-state index is 0.126. The first-order chi connectivity index (χ1) is 23.8. The Bertz CT molecular complexity index is 1670. The Hall–Kier alpha value is -5.18. The van der Waals surface area contributed by atoms with Crippen molar-refractivity contribution in [2.75, 3.05) is 26.3 Å². The number of carbonyl (C=O) groups excluding carboxylic acids is 2. The molecule has 5 rings (SSSR count). The van der Waals surface area contributed by atoms with Crippen LogP contribution in [0.3, 0.4) is 0 Å². The maximum Gasteiger partial charge on any atom is 0.310 e. The highest BCUT2D eigenvalue weighted by Gasteiger charge is 2.38. The molecule has 256 valence electrons. The van der Waals surface area contributed by atoms with E-state index in [0.717, 1.165) is 46.7 Å². The molecule has 1 fully saturated rings. The van der Waals surface area contributed by atoms with Crippen molar-refractivity contribution in [2.45, 2.75) is 58.4 Å². The lowest BCUT2D eigenvalue weighted by Crippen LogP contribution is -2.59.